The molecule has 0 fully saturated rings. The van der Waals surface area contributed by atoms with E-state index in [1.807, 2.05) is 13.8 Å². The Balaban J connectivity index is 2.24. The Morgan fingerprint density at radius 1 is 1.31 bits per heavy atom. The van der Waals surface area contributed by atoms with Crippen LogP contribution in [0.2, 0.25) is 0 Å². The van der Waals surface area contributed by atoms with Crippen LogP contribution in [0.1, 0.15) is 30.0 Å². The molecule has 1 atom stereocenters. The molecule has 2 rings (SSSR count). The zero-order valence-corrected chi connectivity index (χ0v) is 9.33. The van der Waals surface area contributed by atoms with E-state index in [9.17, 15) is 5.11 Å². The molecule has 0 bridgehead atoms. The molecule has 2 aromatic rings. The lowest BCUT2D eigenvalue weighted by atomic mass is 10.2. The van der Waals surface area contributed by atoms with Gasteiger partial charge >= 0.3 is 0 Å². The molecule has 84 valence electrons. The van der Waals surface area contributed by atoms with E-state index in [0.717, 1.165) is 12.1 Å². The lowest BCUT2D eigenvalue weighted by molar-refractivity contribution is 0.209. The van der Waals surface area contributed by atoms with Crippen LogP contribution in [0.25, 0.3) is 0 Å². The van der Waals surface area contributed by atoms with Crippen LogP contribution in [0.15, 0.2) is 24.8 Å². The van der Waals surface area contributed by atoms with Gasteiger partial charge in [0.1, 0.15) is 6.10 Å². The van der Waals surface area contributed by atoms with Gasteiger partial charge in [-0.3, -0.25) is 4.68 Å². The van der Waals surface area contributed by atoms with Gasteiger partial charge in [0, 0.05) is 30.7 Å². The van der Waals surface area contributed by atoms with E-state index in [0.29, 0.717) is 11.4 Å². The second kappa shape index (κ2) is 4.40. The van der Waals surface area contributed by atoms with Gasteiger partial charge in [-0.25, -0.2) is 9.97 Å². The van der Waals surface area contributed by atoms with Gasteiger partial charge in [0.15, 0.2) is 5.82 Å². The Kier molecular flexibility index (Phi) is 2.96. The third-order valence-electron chi connectivity index (χ3n) is 2.34. The molecule has 16 heavy (non-hydrogen) atoms. The molecular weight excluding hydrogens is 204 g/mol. The number of aryl methyl sites for hydroxylation is 2. The highest BCUT2D eigenvalue weighted by molar-refractivity contribution is 5.17. The van der Waals surface area contributed by atoms with E-state index in [4.69, 9.17) is 0 Å². The summed E-state index contributed by atoms with van der Waals surface area (Å²) >= 11 is 0. The van der Waals surface area contributed by atoms with Crippen molar-refractivity contribution in [2.24, 2.45) is 0 Å². The van der Waals surface area contributed by atoms with Gasteiger partial charge in [0.25, 0.3) is 0 Å². The second-order valence-corrected chi connectivity index (χ2v) is 3.65. The molecule has 0 aromatic carbocycles. The number of nitrogens with zero attached hydrogens (tertiary/aromatic N) is 4. The van der Waals surface area contributed by atoms with Crippen molar-refractivity contribution in [3.05, 3.63) is 41.7 Å². The van der Waals surface area contributed by atoms with E-state index in [-0.39, 0.29) is 0 Å². The number of hydrogen-bond acceptors (Lipinski definition) is 4. The average Bonchev–Trinajstić information content (AvgIpc) is 2.77. The summed E-state index contributed by atoms with van der Waals surface area (Å²) in [6, 6.07) is 0. The normalized spacial score (nSPS) is 12.7. The summed E-state index contributed by atoms with van der Waals surface area (Å²) in [5.74, 6) is 0.404. The summed E-state index contributed by atoms with van der Waals surface area (Å²) in [5.41, 5.74) is 1.69. The molecule has 5 nitrogen and oxygen atoms in total. The molecule has 0 aliphatic rings. The SMILES string of the molecule is CCn1cc(C(O)c2ncc(C)cn2)cn1. The minimum absolute atomic E-state index is 0.404. The molecule has 0 saturated heterocycles. The Hall–Kier alpha value is -1.75. The zero-order valence-electron chi connectivity index (χ0n) is 9.33. The molecule has 0 aliphatic carbocycles. The zero-order chi connectivity index (χ0) is 11.5. The minimum atomic E-state index is -0.805. The molecule has 2 heterocycles. The van der Waals surface area contributed by atoms with Crippen LogP contribution in [0.4, 0.5) is 0 Å². The maximum Gasteiger partial charge on any atom is 0.161 e. The van der Waals surface area contributed by atoms with Crippen molar-refractivity contribution < 1.29 is 5.11 Å². The van der Waals surface area contributed by atoms with E-state index in [1.165, 1.54) is 0 Å². The Bertz CT molecular complexity index is 463. The standard InChI is InChI=1S/C11H14N4O/c1-3-15-7-9(6-14-15)10(16)11-12-4-8(2)5-13-11/h4-7,10,16H,3H2,1-2H3. The van der Waals surface area contributed by atoms with Gasteiger partial charge < -0.3 is 5.11 Å². The third kappa shape index (κ3) is 2.09. The fourth-order valence-corrected chi connectivity index (χ4v) is 1.39. The molecule has 2 aromatic heterocycles. The molecule has 5 heteroatoms. The van der Waals surface area contributed by atoms with Crippen LogP contribution in [-0.4, -0.2) is 24.9 Å². The lowest BCUT2D eigenvalue weighted by Gasteiger charge is -2.06. The quantitative estimate of drug-likeness (QED) is 0.837. The molecule has 1 N–H and O–H groups in total. The predicted molar refractivity (Wildman–Crippen MR) is 58.7 cm³/mol. The topological polar surface area (TPSA) is 63.8 Å². The van der Waals surface area contributed by atoms with E-state index < -0.39 is 6.10 Å². The van der Waals surface area contributed by atoms with Gasteiger partial charge in [-0.05, 0) is 19.4 Å². The van der Waals surface area contributed by atoms with Crippen molar-refractivity contribution in [2.45, 2.75) is 26.5 Å². The lowest BCUT2D eigenvalue weighted by Crippen LogP contribution is -2.04. The summed E-state index contributed by atoms with van der Waals surface area (Å²) in [5, 5.41) is 14.1. The summed E-state index contributed by atoms with van der Waals surface area (Å²) in [6.07, 6.45) is 6.01. The Morgan fingerprint density at radius 3 is 2.56 bits per heavy atom. The first-order chi connectivity index (χ1) is 7.70. The highest BCUT2D eigenvalue weighted by atomic mass is 16.3. The summed E-state index contributed by atoms with van der Waals surface area (Å²) < 4.78 is 1.76. The minimum Gasteiger partial charge on any atom is -0.380 e. The summed E-state index contributed by atoms with van der Waals surface area (Å²) in [4.78, 5) is 8.18. The maximum absolute atomic E-state index is 10.0. The van der Waals surface area contributed by atoms with Crippen LogP contribution in [0, 0.1) is 6.92 Å². The van der Waals surface area contributed by atoms with Crippen molar-refractivity contribution in [3.63, 3.8) is 0 Å². The van der Waals surface area contributed by atoms with Gasteiger partial charge in [-0.1, -0.05) is 0 Å². The van der Waals surface area contributed by atoms with Gasteiger partial charge in [-0.2, -0.15) is 5.10 Å². The molecule has 0 radical (unpaired) electrons. The van der Waals surface area contributed by atoms with Crippen molar-refractivity contribution >= 4 is 0 Å². The van der Waals surface area contributed by atoms with Gasteiger partial charge in [0.05, 0.1) is 6.20 Å². The predicted octanol–water partition coefficient (Wildman–Crippen LogP) is 1.08. The average molecular weight is 218 g/mol. The first-order valence-electron chi connectivity index (χ1n) is 5.19. The molecule has 0 amide bonds. The molecule has 0 saturated carbocycles. The van der Waals surface area contributed by atoms with Crippen molar-refractivity contribution in [1.29, 1.82) is 0 Å². The summed E-state index contributed by atoms with van der Waals surface area (Å²) in [7, 11) is 0. The Morgan fingerprint density at radius 2 is 2.00 bits per heavy atom. The van der Waals surface area contributed by atoms with Crippen LogP contribution >= 0.6 is 0 Å². The molecule has 0 spiro atoms. The number of aliphatic hydroxyl groups excluding tert-OH is 1. The van der Waals surface area contributed by atoms with Gasteiger partial charge in [0.2, 0.25) is 0 Å². The number of aromatic nitrogens is 4. The number of hydrogen-bond donors (Lipinski definition) is 1. The van der Waals surface area contributed by atoms with Crippen LogP contribution in [0.5, 0.6) is 0 Å². The Labute approximate surface area is 93.8 Å². The fraction of sp³-hybridized carbons (Fsp3) is 0.364. The second-order valence-electron chi connectivity index (χ2n) is 3.65. The fourth-order valence-electron chi connectivity index (χ4n) is 1.39. The number of aliphatic hydroxyl groups is 1. The smallest absolute Gasteiger partial charge is 0.161 e. The van der Waals surface area contributed by atoms with Crippen LogP contribution in [-0.2, 0) is 6.54 Å². The highest BCUT2D eigenvalue weighted by Gasteiger charge is 2.14. The largest absolute Gasteiger partial charge is 0.380 e. The molecular formula is C11H14N4O. The van der Waals surface area contributed by atoms with Crippen molar-refractivity contribution in [3.8, 4) is 0 Å². The first kappa shape index (κ1) is 10.8. The van der Waals surface area contributed by atoms with Crippen molar-refractivity contribution in [2.75, 3.05) is 0 Å². The maximum atomic E-state index is 10.0. The van der Waals surface area contributed by atoms with E-state index >= 15 is 0 Å². The third-order valence-corrected chi connectivity index (χ3v) is 2.34. The highest BCUT2D eigenvalue weighted by Crippen LogP contribution is 2.17. The first-order valence-corrected chi connectivity index (χ1v) is 5.19. The van der Waals surface area contributed by atoms with Crippen LogP contribution in [0.3, 0.4) is 0 Å². The molecule has 1 unspecified atom stereocenters. The summed E-state index contributed by atoms with van der Waals surface area (Å²) in [6.45, 7) is 4.68. The van der Waals surface area contributed by atoms with E-state index in [2.05, 4.69) is 15.1 Å². The van der Waals surface area contributed by atoms with E-state index in [1.54, 1.807) is 29.5 Å². The van der Waals surface area contributed by atoms with Crippen LogP contribution < -0.4 is 0 Å². The number of rotatable bonds is 3. The molecule has 0 aliphatic heterocycles. The van der Waals surface area contributed by atoms with Crippen molar-refractivity contribution in [1.82, 2.24) is 19.7 Å². The monoisotopic (exact) mass is 218 g/mol. The van der Waals surface area contributed by atoms with Gasteiger partial charge in [-0.15, -0.1) is 0 Å².